The second-order valence-electron chi connectivity index (χ2n) is 12.0. The molecule has 1 unspecified atom stereocenters. The van der Waals surface area contributed by atoms with E-state index in [0.717, 1.165) is 0 Å². The van der Waals surface area contributed by atoms with Crippen LogP contribution in [0.3, 0.4) is 0 Å². The van der Waals surface area contributed by atoms with E-state index in [-0.39, 0.29) is 12.4 Å². The molecular formula is C31H42N5O10P. The van der Waals surface area contributed by atoms with Crippen LogP contribution in [0.15, 0.2) is 48.8 Å². The average Bonchev–Trinajstić information content (AvgIpc) is 3.59. The maximum atomic E-state index is 14.2. The molecule has 1 aliphatic heterocycles. The Morgan fingerprint density at radius 3 is 2.30 bits per heavy atom. The lowest BCUT2D eigenvalue weighted by molar-refractivity contribution is -0.176. The van der Waals surface area contributed by atoms with E-state index in [9.17, 15) is 18.9 Å². The number of anilines is 1. The Hall–Kier alpha value is -3.88. The first kappa shape index (κ1) is 36.0. The molecule has 6 atom stereocenters. The number of nitrogen functional groups attached to an aromatic ring is 1. The third kappa shape index (κ3) is 8.35. The molecule has 0 spiro atoms. The lowest BCUT2D eigenvalue weighted by atomic mass is 9.95. The predicted molar refractivity (Wildman–Crippen MR) is 168 cm³/mol. The van der Waals surface area contributed by atoms with E-state index in [0.29, 0.717) is 16.8 Å². The first-order valence-electron chi connectivity index (χ1n) is 15.1. The van der Waals surface area contributed by atoms with Crippen molar-refractivity contribution in [2.45, 2.75) is 78.1 Å². The summed E-state index contributed by atoms with van der Waals surface area (Å²) in [6.45, 7) is 9.04. The molecule has 1 aliphatic rings. The van der Waals surface area contributed by atoms with Crippen LogP contribution < -0.4 is 10.8 Å². The van der Waals surface area contributed by atoms with Gasteiger partial charge in [-0.3, -0.25) is 23.4 Å². The number of esters is 3. The van der Waals surface area contributed by atoms with E-state index in [1.165, 1.54) is 24.9 Å². The zero-order valence-corrected chi connectivity index (χ0v) is 28.3. The molecule has 0 saturated carbocycles. The number of hydrogen-bond acceptors (Lipinski definition) is 13. The number of nitrogens with two attached hydrogens (primary N) is 1. The van der Waals surface area contributed by atoms with Gasteiger partial charge in [0.2, 0.25) is 0 Å². The molecule has 15 nitrogen and oxygen atoms in total. The molecule has 0 bridgehead atoms. The normalized spacial score (nSPS) is 23.0. The number of nitrogens with one attached hydrogen (secondary N) is 1. The van der Waals surface area contributed by atoms with Crippen LogP contribution in [0.1, 0.15) is 58.9 Å². The maximum absolute atomic E-state index is 14.2. The summed E-state index contributed by atoms with van der Waals surface area (Å²) in [5, 5.41) is 6.91. The number of rotatable bonds is 14. The second kappa shape index (κ2) is 14.9. The highest BCUT2D eigenvalue weighted by Crippen LogP contribution is 2.50. The van der Waals surface area contributed by atoms with Crippen LogP contribution >= 0.6 is 7.75 Å². The summed E-state index contributed by atoms with van der Waals surface area (Å²) >= 11 is 0. The molecule has 0 amide bonds. The predicted octanol–water partition coefficient (Wildman–Crippen LogP) is 3.77. The summed E-state index contributed by atoms with van der Waals surface area (Å²) in [7, 11) is -3.10. The van der Waals surface area contributed by atoms with E-state index in [1.54, 1.807) is 71.0 Å². The van der Waals surface area contributed by atoms with Crippen LogP contribution in [0.25, 0.3) is 5.52 Å². The molecule has 3 heterocycles. The molecule has 0 radical (unpaired) electrons. The number of carbonyl (C=O) groups excluding carboxylic acids is 3. The number of hydrogen-bond donors (Lipinski definition) is 2. The number of benzene rings is 1. The van der Waals surface area contributed by atoms with Gasteiger partial charge in [0.05, 0.1) is 37.9 Å². The lowest BCUT2D eigenvalue weighted by Gasteiger charge is -2.33. The van der Waals surface area contributed by atoms with Gasteiger partial charge in [-0.05, 0) is 31.5 Å². The zero-order valence-electron chi connectivity index (χ0n) is 27.4. The number of fused-ring (bicyclic) bond motifs is 1. The van der Waals surface area contributed by atoms with Gasteiger partial charge < -0.3 is 24.7 Å². The van der Waals surface area contributed by atoms with Crippen molar-refractivity contribution in [2.24, 2.45) is 11.8 Å². The molecule has 1 saturated heterocycles. The second-order valence-corrected chi connectivity index (χ2v) is 13.8. The van der Waals surface area contributed by atoms with Crippen molar-refractivity contribution in [1.82, 2.24) is 19.7 Å². The highest BCUT2D eigenvalue weighted by Gasteiger charge is 2.59. The van der Waals surface area contributed by atoms with Crippen molar-refractivity contribution in [3.8, 4) is 0 Å². The smallest absolute Gasteiger partial charge is 0.406 e. The Morgan fingerprint density at radius 1 is 1.00 bits per heavy atom. The third-order valence-corrected chi connectivity index (χ3v) is 9.15. The Balaban J connectivity index is 1.74. The molecule has 256 valence electrons. The minimum atomic E-state index is -4.29. The van der Waals surface area contributed by atoms with Gasteiger partial charge in [-0.1, -0.05) is 58.0 Å². The number of nitrogens with zero attached hydrogens (tertiary/aromatic N) is 3. The van der Waals surface area contributed by atoms with Gasteiger partial charge >= 0.3 is 25.7 Å². The molecule has 3 aromatic rings. The molecule has 2 aromatic heterocycles. The standard InChI is InChI=1S/C31H42N5O10P/c1-18(2)28(37)44-25-24(22-13-14-23-27(32)33-17-34-36(22)23)46-31(6,26(25)45-29(38)19(3)4)16-43-47(40,35-20(5)30(39)41-7)42-15-21-11-9-8-10-12-21/h8-14,17-20,24-26H,15-16H2,1-7H3,(H,35,40)(H2,32,33,34)/t20-,24-,25-,26-,31+,47?/m0/s1. The van der Waals surface area contributed by atoms with Crippen LogP contribution in [-0.4, -0.2) is 70.1 Å². The summed E-state index contributed by atoms with van der Waals surface area (Å²) in [5.74, 6) is -2.74. The van der Waals surface area contributed by atoms with Crippen LogP contribution in [0.4, 0.5) is 5.82 Å². The van der Waals surface area contributed by atoms with Crippen LogP contribution in [0, 0.1) is 11.8 Å². The van der Waals surface area contributed by atoms with Crippen molar-refractivity contribution in [3.05, 3.63) is 60.0 Å². The summed E-state index contributed by atoms with van der Waals surface area (Å²) in [6.07, 6.45) is -2.24. The highest BCUT2D eigenvalue weighted by atomic mass is 31.2. The summed E-state index contributed by atoms with van der Waals surface area (Å²) < 4.78 is 50.7. The first-order chi connectivity index (χ1) is 22.2. The minimum Gasteiger partial charge on any atom is -0.468 e. The topological polar surface area (TPSA) is 192 Å². The molecule has 1 aromatic carbocycles. The fraction of sp³-hybridized carbons (Fsp3) is 0.516. The maximum Gasteiger partial charge on any atom is 0.406 e. The van der Waals surface area contributed by atoms with Gasteiger partial charge in [0.1, 0.15) is 29.6 Å². The number of carbonyl (C=O) groups is 3. The number of methoxy groups -OCH3 is 1. The van der Waals surface area contributed by atoms with Gasteiger partial charge in [-0.2, -0.15) is 5.10 Å². The Bertz CT molecular complexity index is 1620. The van der Waals surface area contributed by atoms with E-state index < -0.39 is 74.1 Å². The van der Waals surface area contributed by atoms with Crippen molar-refractivity contribution in [2.75, 3.05) is 19.5 Å². The fourth-order valence-corrected chi connectivity index (χ4v) is 6.38. The Kier molecular flexibility index (Phi) is 11.4. The lowest BCUT2D eigenvalue weighted by Crippen LogP contribution is -2.49. The summed E-state index contributed by atoms with van der Waals surface area (Å²) in [6, 6.07) is 11.2. The van der Waals surface area contributed by atoms with Crippen molar-refractivity contribution in [1.29, 1.82) is 0 Å². The van der Waals surface area contributed by atoms with Gasteiger partial charge in [-0.15, -0.1) is 0 Å². The first-order valence-corrected chi connectivity index (χ1v) is 16.7. The van der Waals surface area contributed by atoms with Crippen molar-refractivity contribution in [3.63, 3.8) is 0 Å². The summed E-state index contributed by atoms with van der Waals surface area (Å²) in [4.78, 5) is 42.4. The van der Waals surface area contributed by atoms with Crippen LogP contribution in [0.2, 0.25) is 0 Å². The molecule has 1 fully saturated rings. The minimum absolute atomic E-state index is 0.128. The molecule has 16 heteroatoms. The average molecular weight is 676 g/mol. The van der Waals surface area contributed by atoms with Crippen molar-refractivity contribution < 1.29 is 46.9 Å². The monoisotopic (exact) mass is 675 g/mol. The molecule has 47 heavy (non-hydrogen) atoms. The molecule has 0 aliphatic carbocycles. The highest BCUT2D eigenvalue weighted by molar-refractivity contribution is 7.51. The largest absolute Gasteiger partial charge is 0.468 e. The van der Waals surface area contributed by atoms with Gasteiger partial charge in [0.15, 0.2) is 18.0 Å². The van der Waals surface area contributed by atoms with Gasteiger partial charge in [-0.25, -0.2) is 19.2 Å². The zero-order chi connectivity index (χ0) is 34.5. The molecule has 3 N–H and O–H groups in total. The van der Waals surface area contributed by atoms with Gasteiger partial charge in [0.25, 0.3) is 0 Å². The van der Waals surface area contributed by atoms with E-state index in [1.807, 2.05) is 6.07 Å². The van der Waals surface area contributed by atoms with E-state index >= 15 is 0 Å². The van der Waals surface area contributed by atoms with Crippen molar-refractivity contribution >= 4 is 37.0 Å². The Labute approximate surface area is 273 Å². The fourth-order valence-electron chi connectivity index (χ4n) is 4.84. The SMILES string of the molecule is COC(=O)[C@H](C)NP(=O)(OCc1ccccc1)OC[C@@]1(C)O[C@@H](c2ccc3c(N)ncnn23)[C@H](OC(=O)C(C)C)[C@@H]1OC(=O)C(C)C. The van der Waals surface area contributed by atoms with E-state index in [4.69, 9.17) is 33.7 Å². The quantitative estimate of drug-likeness (QED) is 0.143. The van der Waals surface area contributed by atoms with E-state index in [2.05, 4.69) is 15.2 Å². The number of ether oxygens (including phenoxy) is 4. The number of aromatic nitrogens is 3. The third-order valence-electron chi connectivity index (χ3n) is 7.51. The molecular weight excluding hydrogens is 633 g/mol. The van der Waals surface area contributed by atoms with Crippen LogP contribution in [-0.2, 0) is 53.6 Å². The molecule has 4 rings (SSSR count). The van der Waals surface area contributed by atoms with Gasteiger partial charge in [0, 0.05) is 0 Å². The Morgan fingerprint density at radius 2 is 1.66 bits per heavy atom. The van der Waals surface area contributed by atoms with Crippen LogP contribution in [0.5, 0.6) is 0 Å². The summed E-state index contributed by atoms with van der Waals surface area (Å²) in [5.41, 5.74) is 6.07.